The molecule has 0 aliphatic rings. The number of aryl methyl sites for hydroxylation is 1. The van der Waals surface area contributed by atoms with Gasteiger partial charge >= 0.3 is 0 Å². The van der Waals surface area contributed by atoms with Crippen molar-refractivity contribution in [3.05, 3.63) is 83.6 Å². The molecule has 3 aromatic rings. The molecule has 3 rings (SSSR count). The third kappa shape index (κ3) is 6.42. The Hall–Kier alpha value is -2.85. The van der Waals surface area contributed by atoms with Gasteiger partial charge in [-0.2, -0.15) is 0 Å². The van der Waals surface area contributed by atoms with E-state index in [-0.39, 0.29) is 6.61 Å². The van der Waals surface area contributed by atoms with E-state index < -0.39 is 0 Å². The summed E-state index contributed by atoms with van der Waals surface area (Å²) in [4.78, 5) is 4.42. The van der Waals surface area contributed by atoms with E-state index in [9.17, 15) is 0 Å². The number of hydrogen-bond donors (Lipinski definition) is 1. The average Bonchev–Trinajstić information content (AvgIpc) is 3.18. The average molecular weight is 363 g/mol. The van der Waals surface area contributed by atoms with Gasteiger partial charge in [0.25, 0.3) is 0 Å². The Kier molecular flexibility index (Phi) is 7.25. The van der Waals surface area contributed by atoms with E-state index in [0.717, 1.165) is 42.7 Å². The second-order valence-corrected chi connectivity index (χ2v) is 6.39. The SMILES string of the molecule is OCCCCCc1ccc(OCc2coc(C=Cc3ccccc3)n2)cc1. The lowest BCUT2D eigenvalue weighted by Crippen LogP contribution is -1.96. The van der Waals surface area contributed by atoms with E-state index in [4.69, 9.17) is 14.3 Å². The van der Waals surface area contributed by atoms with Gasteiger partial charge in [0, 0.05) is 12.7 Å². The maximum absolute atomic E-state index is 8.80. The quantitative estimate of drug-likeness (QED) is 0.507. The molecule has 0 saturated heterocycles. The Bertz CT molecular complexity index is 822. The zero-order valence-electron chi connectivity index (χ0n) is 15.4. The van der Waals surface area contributed by atoms with Crippen LogP contribution in [0.2, 0.25) is 0 Å². The monoisotopic (exact) mass is 363 g/mol. The summed E-state index contributed by atoms with van der Waals surface area (Å²) in [6.07, 6.45) is 9.50. The van der Waals surface area contributed by atoms with E-state index in [2.05, 4.69) is 17.1 Å². The molecule has 27 heavy (non-hydrogen) atoms. The largest absolute Gasteiger partial charge is 0.487 e. The summed E-state index contributed by atoms with van der Waals surface area (Å²) in [5.41, 5.74) is 3.15. The first-order valence-corrected chi connectivity index (χ1v) is 9.33. The number of aromatic nitrogens is 1. The Morgan fingerprint density at radius 2 is 1.74 bits per heavy atom. The maximum Gasteiger partial charge on any atom is 0.218 e. The standard InChI is InChI=1S/C23H25NO3/c25-16-6-2-5-9-20-10-13-22(14-11-20)26-17-21-18-27-23(24-21)15-12-19-7-3-1-4-8-19/h1,3-4,7-8,10-15,18,25H,2,5-6,9,16-17H2. The van der Waals surface area contributed by atoms with Crippen molar-refractivity contribution in [2.24, 2.45) is 0 Å². The van der Waals surface area contributed by atoms with Gasteiger partial charge in [-0.3, -0.25) is 0 Å². The molecule has 0 atom stereocenters. The van der Waals surface area contributed by atoms with Crippen LogP contribution in [-0.4, -0.2) is 16.7 Å². The molecule has 1 N–H and O–H groups in total. The van der Waals surface area contributed by atoms with E-state index >= 15 is 0 Å². The second-order valence-electron chi connectivity index (χ2n) is 6.39. The third-order valence-corrected chi connectivity index (χ3v) is 4.22. The van der Waals surface area contributed by atoms with E-state index in [1.165, 1.54) is 5.56 Å². The van der Waals surface area contributed by atoms with Crippen LogP contribution in [0.25, 0.3) is 12.2 Å². The molecule has 0 aliphatic heterocycles. The van der Waals surface area contributed by atoms with Crippen molar-refractivity contribution in [3.8, 4) is 5.75 Å². The molecule has 0 bridgehead atoms. The van der Waals surface area contributed by atoms with E-state index in [0.29, 0.717) is 12.5 Å². The molecule has 0 aliphatic carbocycles. The molecule has 0 spiro atoms. The zero-order valence-corrected chi connectivity index (χ0v) is 15.4. The van der Waals surface area contributed by atoms with Crippen LogP contribution < -0.4 is 4.74 Å². The third-order valence-electron chi connectivity index (χ3n) is 4.22. The predicted molar refractivity (Wildman–Crippen MR) is 107 cm³/mol. The first kappa shape index (κ1) is 18.9. The summed E-state index contributed by atoms with van der Waals surface area (Å²) in [5.74, 6) is 1.38. The lowest BCUT2D eigenvalue weighted by Gasteiger charge is -2.05. The number of rotatable bonds is 10. The minimum absolute atomic E-state index is 0.276. The molecule has 0 amide bonds. The Labute approximate surface area is 160 Å². The fourth-order valence-electron chi connectivity index (χ4n) is 2.72. The highest BCUT2D eigenvalue weighted by atomic mass is 16.5. The van der Waals surface area contributed by atoms with Crippen molar-refractivity contribution in [2.75, 3.05) is 6.61 Å². The number of nitrogens with zero attached hydrogens (tertiary/aromatic N) is 1. The van der Waals surface area contributed by atoms with E-state index in [1.54, 1.807) is 6.26 Å². The van der Waals surface area contributed by atoms with Crippen LogP contribution in [0.4, 0.5) is 0 Å². The fraction of sp³-hybridized carbons (Fsp3) is 0.261. The van der Waals surface area contributed by atoms with Gasteiger partial charge in [-0.25, -0.2) is 4.98 Å². The van der Waals surface area contributed by atoms with Crippen LogP contribution >= 0.6 is 0 Å². The van der Waals surface area contributed by atoms with Crippen LogP contribution in [0.5, 0.6) is 5.75 Å². The lowest BCUT2D eigenvalue weighted by atomic mass is 10.1. The summed E-state index contributed by atoms with van der Waals surface area (Å²) in [7, 11) is 0. The summed E-state index contributed by atoms with van der Waals surface area (Å²) in [6, 6.07) is 18.2. The zero-order chi connectivity index (χ0) is 18.7. The topological polar surface area (TPSA) is 55.5 Å². The van der Waals surface area contributed by atoms with Gasteiger partial charge < -0.3 is 14.3 Å². The van der Waals surface area contributed by atoms with Crippen molar-refractivity contribution in [2.45, 2.75) is 32.3 Å². The molecule has 1 heterocycles. The second kappa shape index (κ2) is 10.3. The first-order chi connectivity index (χ1) is 13.3. The van der Waals surface area contributed by atoms with Crippen molar-refractivity contribution >= 4 is 12.2 Å². The van der Waals surface area contributed by atoms with Gasteiger partial charge in [0.2, 0.25) is 5.89 Å². The van der Waals surface area contributed by atoms with Crippen molar-refractivity contribution in [1.82, 2.24) is 4.98 Å². The smallest absolute Gasteiger partial charge is 0.218 e. The number of aliphatic hydroxyl groups is 1. The number of unbranched alkanes of at least 4 members (excludes halogenated alkanes) is 2. The molecule has 4 heteroatoms. The van der Waals surface area contributed by atoms with Gasteiger partial charge in [0.05, 0.1) is 0 Å². The van der Waals surface area contributed by atoms with Crippen molar-refractivity contribution in [3.63, 3.8) is 0 Å². The molecule has 0 radical (unpaired) electrons. The number of oxazole rings is 1. The minimum Gasteiger partial charge on any atom is -0.487 e. The van der Waals surface area contributed by atoms with Crippen molar-refractivity contribution < 1.29 is 14.3 Å². The predicted octanol–water partition coefficient (Wildman–Crippen LogP) is 5.13. The number of ether oxygens (including phenoxy) is 1. The van der Waals surface area contributed by atoms with Gasteiger partial charge in [-0.15, -0.1) is 0 Å². The Morgan fingerprint density at radius 1 is 0.926 bits per heavy atom. The van der Waals surface area contributed by atoms with Gasteiger partial charge in [-0.05, 0) is 48.6 Å². The first-order valence-electron chi connectivity index (χ1n) is 9.33. The van der Waals surface area contributed by atoms with Gasteiger partial charge in [0.1, 0.15) is 24.3 Å². The summed E-state index contributed by atoms with van der Waals surface area (Å²) < 4.78 is 11.2. The van der Waals surface area contributed by atoms with Crippen LogP contribution in [-0.2, 0) is 13.0 Å². The van der Waals surface area contributed by atoms with Crippen molar-refractivity contribution in [1.29, 1.82) is 0 Å². The van der Waals surface area contributed by atoms with Gasteiger partial charge in [-0.1, -0.05) is 48.9 Å². The number of hydrogen-bond acceptors (Lipinski definition) is 4. The van der Waals surface area contributed by atoms with Crippen LogP contribution in [0.3, 0.4) is 0 Å². The normalized spacial score (nSPS) is 11.1. The molecule has 0 fully saturated rings. The molecular weight excluding hydrogens is 338 g/mol. The summed E-state index contributed by atoms with van der Waals surface area (Å²) >= 11 is 0. The summed E-state index contributed by atoms with van der Waals surface area (Å²) in [5, 5.41) is 8.80. The molecule has 4 nitrogen and oxygen atoms in total. The van der Waals surface area contributed by atoms with Crippen LogP contribution in [0.1, 0.15) is 42.0 Å². The molecule has 1 aromatic heterocycles. The Morgan fingerprint density at radius 3 is 2.52 bits per heavy atom. The highest BCUT2D eigenvalue weighted by molar-refractivity contribution is 5.65. The van der Waals surface area contributed by atoms with E-state index in [1.807, 2.05) is 54.6 Å². The number of aliphatic hydroxyl groups excluding tert-OH is 1. The fourth-order valence-corrected chi connectivity index (χ4v) is 2.72. The molecular formula is C23H25NO3. The molecule has 0 saturated carbocycles. The van der Waals surface area contributed by atoms with Crippen LogP contribution in [0.15, 0.2) is 65.3 Å². The van der Waals surface area contributed by atoms with Gasteiger partial charge in [0.15, 0.2) is 0 Å². The number of benzene rings is 2. The maximum atomic E-state index is 8.80. The molecule has 2 aromatic carbocycles. The minimum atomic E-state index is 0.276. The molecule has 140 valence electrons. The summed E-state index contributed by atoms with van der Waals surface area (Å²) in [6.45, 7) is 0.650. The highest BCUT2D eigenvalue weighted by Crippen LogP contribution is 2.16. The lowest BCUT2D eigenvalue weighted by molar-refractivity contribution is 0.283. The molecule has 0 unspecified atom stereocenters. The highest BCUT2D eigenvalue weighted by Gasteiger charge is 2.03. The van der Waals surface area contributed by atoms with Crippen LogP contribution in [0, 0.1) is 0 Å². The Balaban J connectivity index is 1.46.